The molecule has 1 rings (SSSR count). The van der Waals surface area contributed by atoms with Crippen molar-refractivity contribution in [3.8, 4) is 0 Å². The first-order chi connectivity index (χ1) is 8.94. The Morgan fingerprint density at radius 2 is 2.21 bits per heavy atom. The Morgan fingerprint density at radius 3 is 2.74 bits per heavy atom. The summed E-state index contributed by atoms with van der Waals surface area (Å²) in [5.41, 5.74) is -0.673. The maximum absolute atomic E-state index is 11.7. The molecule has 1 aliphatic carbocycles. The number of hydrogen-bond acceptors (Lipinski definition) is 3. The van der Waals surface area contributed by atoms with Crippen LogP contribution < -0.4 is 5.32 Å². The van der Waals surface area contributed by atoms with E-state index in [4.69, 9.17) is 0 Å². The second kappa shape index (κ2) is 7.25. The van der Waals surface area contributed by atoms with Gasteiger partial charge in [-0.15, -0.1) is 0 Å². The molecule has 0 spiro atoms. The highest BCUT2D eigenvalue weighted by atomic mass is 16.4. The molecular weight excluding hydrogens is 240 g/mol. The maximum Gasteiger partial charge on any atom is 0.324 e. The molecule has 1 fully saturated rings. The molecule has 19 heavy (non-hydrogen) atoms. The first-order valence-corrected chi connectivity index (χ1v) is 7.62. The van der Waals surface area contributed by atoms with Crippen LogP contribution >= 0.6 is 0 Å². The fourth-order valence-electron chi connectivity index (χ4n) is 3.02. The summed E-state index contributed by atoms with van der Waals surface area (Å²) in [5, 5.41) is 13.0. The minimum absolute atomic E-state index is 0.262. The summed E-state index contributed by atoms with van der Waals surface area (Å²) in [6, 6.07) is 0.518. The Balaban J connectivity index is 2.65. The second-order valence-corrected chi connectivity index (χ2v) is 6.16. The summed E-state index contributed by atoms with van der Waals surface area (Å²) in [6.07, 6.45) is 4.79. The number of aliphatic carboxylic acids is 1. The van der Waals surface area contributed by atoms with Crippen LogP contribution in [0.4, 0.5) is 0 Å². The van der Waals surface area contributed by atoms with Crippen molar-refractivity contribution in [3.63, 3.8) is 0 Å². The standard InChI is InChI=1S/C15H30N2O2/c1-5-10-16-15(14(18)19)9-6-7-13(15)8-11-17(4)12(2)3/h12-13,16H,5-11H2,1-4H3,(H,18,19). The molecule has 0 amide bonds. The van der Waals surface area contributed by atoms with Gasteiger partial charge in [0.1, 0.15) is 5.54 Å². The molecule has 4 nitrogen and oxygen atoms in total. The molecule has 0 aromatic rings. The Bertz CT molecular complexity index is 294. The Hall–Kier alpha value is -0.610. The Kier molecular flexibility index (Phi) is 6.27. The van der Waals surface area contributed by atoms with Gasteiger partial charge in [0.05, 0.1) is 0 Å². The molecule has 2 atom stereocenters. The van der Waals surface area contributed by atoms with Gasteiger partial charge in [0.25, 0.3) is 0 Å². The molecule has 1 saturated carbocycles. The summed E-state index contributed by atoms with van der Waals surface area (Å²) in [7, 11) is 2.11. The molecule has 2 unspecified atom stereocenters. The number of carboxylic acids is 1. The molecule has 0 aromatic heterocycles. The molecular formula is C15H30N2O2. The largest absolute Gasteiger partial charge is 0.480 e. The molecule has 0 aliphatic heterocycles. The fraction of sp³-hybridized carbons (Fsp3) is 0.933. The van der Waals surface area contributed by atoms with Gasteiger partial charge in [-0.1, -0.05) is 13.3 Å². The molecule has 0 heterocycles. The minimum Gasteiger partial charge on any atom is -0.480 e. The molecule has 4 heteroatoms. The van der Waals surface area contributed by atoms with Crippen molar-refractivity contribution in [3.05, 3.63) is 0 Å². The van der Waals surface area contributed by atoms with Crippen LogP contribution in [0.5, 0.6) is 0 Å². The lowest BCUT2D eigenvalue weighted by Gasteiger charge is -2.34. The van der Waals surface area contributed by atoms with Crippen molar-refractivity contribution >= 4 is 5.97 Å². The molecule has 0 bridgehead atoms. The Labute approximate surface area is 117 Å². The van der Waals surface area contributed by atoms with E-state index in [0.717, 1.165) is 45.2 Å². The molecule has 2 N–H and O–H groups in total. The number of nitrogens with one attached hydrogen (secondary N) is 1. The van der Waals surface area contributed by atoms with Crippen molar-refractivity contribution in [2.24, 2.45) is 5.92 Å². The summed E-state index contributed by atoms with van der Waals surface area (Å²) in [4.78, 5) is 14.0. The van der Waals surface area contributed by atoms with Gasteiger partial charge in [0.15, 0.2) is 0 Å². The summed E-state index contributed by atoms with van der Waals surface area (Å²) >= 11 is 0. The molecule has 1 aliphatic rings. The van der Waals surface area contributed by atoms with Gasteiger partial charge in [-0.2, -0.15) is 0 Å². The summed E-state index contributed by atoms with van der Waals surface area (Å²) in [5.74, 6) is -0.395. The Morgan fingerprint density at radius 1 is 1.53 bits per heavy atom. The molecule has 0 saturated heterocycles. The number of nitrogens with zero attached hydrogens (tertiary/aromatic N) is 1. The fourth-order valence-corrected chi connectivity index (χ4v) is 3.02. The van der Waals surface area contributed by atoms with Gasteiger partial charge < -0.3 is 15.3 Å². The van der Waals surface area contributed by atoms with E-state index in [-0.39, 0.29) is 5.92 Å². The van der Waals surface area contributed by atoms with E-state index in [1.54, 1.807) is 0 Å². The number of carboxylic acid groups (broad SMARTS) is 1. The van der Waals surface area contributed by atoms with E-state index >= 15 is 0 Å². The van der Waals surface area contributed by atoms with Crippen molar-refractivity contribution < 1.29 is 9.90 Å². The van der Waals surface area contributed by atoms with Gasteiger partial charge in [-0.05, 0) is 65.6 Å². The average molecular weight is 270 g/mol. The van der Waals surface area contributed by atoms with Crippen LogP contribution in [-0.4, -0.2) is 47.7 Å². The zero-order valence-corrected chi connectivity index (χ0v) is 12.9. The molecule has 112 valence electrons. The van der Waals surface area contributed by atoms with E-state index in [2.05, 4.69) is 38.0 Å². The average Bonchev–Trinajstić information content (AvgIpc) is 2.77. The lowest BCUT2D eigenvalue weighted by Crippen LogP contribution is -2.55. The highest BCUT2D eigenvalue weighted by Gasteiger charge is 2.48. The first kappa shape index (κ1) is 16.4. The van der Waals surface area contributed by atoms with Crippen molar-refractivity contribution in [2.45, 2.75) is 64.5 Å². The first-order valence-electron chi connectivity index (χ1n) is 7.62. The van der Waals surface area contributed by atoms with Crippen molar-refractivity contribution in [1.82, 2.24) is 10.2 Å². The van der Waals surface area contributed by atoms with Gasteiger partial charge in [0.2, 0.25) is 0 Å². The van der Waals surface area contributed by atoms with E-state index in [9.17, 15) is 9.90 Å². The van der Waals surface area contributed by atoms with E-state index in [1.165, 1.54) is 0 Å². The molecule has 0 radical (unpaired) electrons. The summed E-state index contributed by atoms with van der Waals surface area (Å²) in [6.45, 7) is 8.20. The lowest BCUT2D eigenvalue weighted by molar-refractivity contribution is -0.146. The van der Waals surface area contributed by atoms with Crippen LogP contribution in [0.25, 0.3) is 0 Å². The number of carbonyl (C=O) groups is 1. The van der Waals surface area contributed by atoms with Crippen LogP contribution in [0.3, 0.4) is 0 Å². The normalized spacial score (nSPS) is 27.4. The van der Waals surface area contributed by atoms with Gasteiger partial charge >= 0.3 is 5.97 Å². The highest BCUT2D eigenvalue weighted by Crippen LogP contribution is 2.38. The zero-order chi connectivity index (χ0) is 14.5. The predicted octanol–water partition coefficient (Wildman–Crippen LogP) is 2.34. The SMILES string of the molecule is CCCNC1(C(=O)O)CCCC1CCN(C)C(C)C. The third-order valence-corrected chi connectivity index (χ3v) is 4.60. The van der Waals surface area contributed by atoms with Crippen molar-refractivity contribution in [1.29, 1.82) is 0 Å². The highest BCUT2D eigenvalue weighted by molar-refractivity contribution is 5.79. The predicted molar refractivity (Wildman–Crippen MR) is 78.4 cm³/mol. The van der Waals surface area contributed by atoms with Crippen LogP contribution in [-0.2, 0) is 4.79 Å². The summed E-state index contributed by atoms with van der Waals surface area (Å²) < 4.78 is 0. The van der Waals surface area contributed by atoms with Crippen LogP contribution in [0.15, 0.2) is 0 Å². The second-order valence-electron chi connectivity index (χ2n) is 6.16. The number of hydrogen-bond donors (Lipinski definition) is 2. The minimum atomic E-state index is -0.673. The van der Waals surface area contributed by atoms with Gasteiger partial charge in [-0.3, -0.25) is 4.79 Å². The van der Waals surface area contributed by atoms with Gasteiger partial charge in [-0.25, -0.2) is 0 Å². The van der Waals surface area contributed by atoms with Gasteiger partial charge in [0, 0.05) is 6.04 Å². The van der Waals surface area contributed by atoms with Crippen LogP contribution in [0, 0.1) is 5.92 Å². The maximum atomic E-state index is 11.7. The zero-order valence-electron chi connectivity index (χ0n) is 12.9. The van der Waals surface area contributed by atoms with E-state index in [0.29, 0.717) is 6.04 Å². The number of rotatable bonds is 8. The lowest BCUT2D eigenvalue weighted by atomic mass is 9.84. The van der Waals surface area contributed by atoms with E-state index in [1.807, 2.05) is 0 Å². The third kappa shape index (κ3) is 3.93. The third-order valence-electron chi connectivity index (χ3n) is 4.60. The van der Waals surface area contributed by atoms with Crippen LogP contribution in [0.1, 0.15) is 52.9 Å². The van der Waals surface area contributed by atoms with Crippen LogP contribution in [0.2, 0.25) is 0 Å². The molecule has 0 aromatic carbocycles. The quantitative estimate of drug-likeness (QED) is 0.711. The topological polar surface area (TPSA) is 52.6 Å². The van der Waals surface area contributed by atoms with E-state index < -0.39 is 11.5 Å². The monoisotopic (exact) mass is 270 g/mol. The van der Waals surface area contributed by atoms with Crippen molar-refractivity contribution in [2.75, 3.05) is 20.1 Å². The smallest absolute Gasteiger partial charge is 0.324 e.